The second kappa shape index (κ2) is 15.9. The number of hydrogen-bond donors (Lipinski definition) is 6. The molecule has 4 amide bonds. The summed E-state index contributed by atoms with van der Waals surface area (Å²) in [5, 5.41) is 34.1. The average molecular weight is 611 g/mol. The van der Waals surface area contributed by atoms with Crippen LogP contribution in [0.1, 0.15) is 68.8 Å². The number of aromatic carboxylic acids is 1. The van der Waals surface area contributed by atoms with E-state index >= 15 is 0 Å². The number of likely N-dealkylation sites (tertiary alicyclic amines) is 1. The van der Waals surface area contributed by atoms with Crippen molar-refractivity contribution in [2.24, 2.45) is 11.8 Å². The van der Waals surface area contributed by atoms with Crippen LogP contribution in [0.2, 0.25) is 0 Å². The SMILES string of the molecule is CCCCC(Cc1ccc(-c2ccccc2C(=O)O)cc1)NC(=O)N1CC(NC(=O)C(CC(C)C)C(=O)NO)CC1C(=O)O. The van der Waals surface area contributed by atoms with Crippen LogP contribution >= 0.6 is 0 Å². The van der Waals surface area contributed by atoms with Gasteiger partial charge in [-0.25, -0.2) is 19.9 Å². The zero-order valence-corrected chi connectivity index (χ0v) is 25.3. The Kier molecular flexibility index (Phi) is 12.3. The van der Waals surface area contributed by atoms with Gasteiger partial charge in [-0.3, -0.25) is 14.8 Å². The van der Waals surface area contributed by atoms with Crippen molar-refractivity contribution in [2.45, 2.75) is 77.4 Å². The minimum atomic E-state index is -1.20. The Balaban J connectivity index is 1.71. The van der Waals surface area contributed by atoms with E-state index in [0.717, 1.165) is 24.0 Å². The van der Waals surface area contributed by atoms with Gasteiger partial charge in [0.25, 0.3) is 5.91 Å². The van der Waals surface area contributed by atoms with Crippen LogP contribution in [0.5, 0.6) is 0 Å². The van der Waals surface area contributed by atoms with Gasteiger partial charge in [0.1, 0.15) is 12.0 Å². The number of carbonyl (C=O) groups is 5. The molecule has 0 aromatic heterocycles. The maximum atomic E-state index is 13.4. The summed E-state index contributed by atoms with van der Waals surface area (Å²) >= 11 is 0. The van der Waals surface area contributed by atoms with E-state index in [1.54, 1.807) is 24.3 Å². The Hall–Kier alpha value is -4.45. The number of hydroxylamine groups is 1. The summed E-state index contributed by atoms with van der Waals surface area (Å²) in [6.45, 7) is 5.64. The van der Waals surface area contributed by atoms with E-state index in [-0.39, 0.29) is 36.9 Å². The summed E-state index contributed by atoms with van der Waals surface area (Å²) in [4.78, 5) is 63.3. The van der Waals surface area contributed by atoms with Crippen LogP contribution in [0.3, 0.4) is 0 Å². The van der Waals surface area contributed by atoms with E-state index in [0.29, 0.717) is 18.4 Å². The molecule has 2 aromatic rings. The van der Waals surface area contributed by atoms with Gasteiger partial charge in [0.05, 0.1) is 5.56 Å². The second-order valence-corrected chi connectivity index (χ2v) is 11.6. The van der Waals surface area contributed by atoms with Gasteiger partial charge in [0.15, 0.2) is 0 Å². The molecule has 1 fully saturated rings. The molecule has 4 atom stereocenters. The van der Waals surface area contributed by atoms with Crippen molar-refractivity contribution in [2.75, 3.05) is 6.54 Å². The molecule has 2 aromatic carbocycles. The lowest BCUT2D eigenvalue weighted by molar-refractivity contribution is -0.143. The number of benzene rings is 2. The first kappa shape index (κ1) is 34.0. The predicted octanol–water partition coefficient (Wildman–Crippen LogP) is 3.67. The zero-order chi connectivity index (χ0) is 32.4. The highest BCUT2D eigenvalue weighted by atomic mass is 16.5. The van der Waals surface area contributed by atoms with E-state index in [1.807, 2.05) is 45.0 Å². The maximum Gasteiger partial charge on any atom is 0.336 e. The highest BCUT2D eigenvalue weighted by Gasteiger charge is 2.42. The lowest BCUT2D eigenvalue weighted by Gasteiger charge is -2.26. The van der Waals surface area contributed by atoms with Gasteiger partial charge in [-0.05, 0) is 47.9 Å². The summed E-state index contributed by atoms with van der Waals surface area (Å²) in [6, 6.07) is 11.5. The van der Waals surface area contributed by atoms with E-state index in [1.165, 1.54) is 10.4 Å². The molecule has 0 spiro atoms. The van der Waals surface area contributed by atoms with Crippen molar-refractivity contribution in [1.29, 1.82) is 0 Å². The monoisotopic (exact) mass is 610 g/mol. The number of unbranched alkanes of at least 4 members (excludes halogenated alkanes) is 1. The number of rotatable bonds is 14. The van der Waals surface area contributed by atoms with Crippen molar-refractivity contribution in [1.82, 2.24) is 21.0 Å². The number of aliphatic carboxylic acids is 1. The molecule has 0 bridgehead atoms. The third-order valence-electron chi connectivity index (χ3n) is 7.78. The number of hydrogen-bond acceptors (Lipinski definition) is 6. The zero-order valence-electron chi connectivity index (χ0n) is 25.3. The first-order chi connectivity index (χ1) is 20.9. The van der Waals surface area contributed by atoms with Crippen LogP contribution in [-0.4, -0.2) is 74.8 Å². The Morgan fingerprint density at radius 1 is 0.977 bits per heavy atom. The highest BCUT2D eigenvalue weighted by Crippen LogP contribution is 2.25. The van der Waals surface area contributed by atoms with Crippen LogP contribution in [0.25, 0.3) is 11.1 Å². The van der Waals surface area contributed by atoms with Gasteiger partial charge in [-0.1, -0.05) is 76.1 Å². The molecule has 12 heteroatoms. The summed E-state index contributed by atoms with van der Waals surface area (Å²) in [6.07, 6.45) is 3.02. The smallest absolute Gasteiger partial charge is 0.336 e. The predicted molar refractivity (Wildman–Crippen MR) is 162 cm³/mol. The van der Waals surface area contributed by atoms with E-state index in [4.69, 9.17) is 5.21 Å². The molecule has 1 heterocycles. The first-order valence-corrected chi connectivity index (χ1v) is 14.9. The fourth-order valence-electron chi connectivity index (χ4n) is 5.54. The standard InChI is InChI=1S/C32H42N4O8/c1-4-5-8-22(16-20-11-13-21(14-12-20)24-9-6-7-10-25(24)30(39)40)34-32(43)36-18-23(17-27(36)31(41)42)33-28(37)26(15-19(2)3)29(38)35-44/h6-7,9-14,19,22-23,26-27,44H,4-5,8,15-18H2,1-3H3,(H,33,37)(H,34,43)(H,35,38)(H,39,40)(H,41,42). The molecule has 238 valence electrons. The third-order valence-corrected chi connectivity index (χ3v) is 7.78. The Labute approximate surface area is 256 Å². The molecular formula is C32H42N4O8. The fraction of sp³-hybridized carbons (Fsp3) is 0.469. The third kappa shape index (κ3) is 9.03. The molecule has 1 saturated heterocycles. The number of carboxylic acids is 2. The minimum absolute atomic E-state index is 0.0162. The second-order valence-electron chi connectivity index (χ2n) is 11.6. The first-order valence-electron chi connectivity index (χ1n) is 14.9. The van der Waals surface area contributed by atoms with Crippen molar-refractivity contribution < 1.29 is 39.4 Å². The number of amides is 4. The lowest BCUT2D eigenvalue weighted by Crippen LogP contribution is -2.50. The molecule has 1 aliphatic rings. The minimum Gasteiger partial charge on any atom is -0.480 e. The van der Waals surface area contributed by atoms with Crippen LogP contribution in [0, 0.1) is 11.8 Å². The highest BCUT2D eigenvalue weighted by molar-refractivity contribution is 6.00. The Morgan fingerprint density at radius 3 is 2.25 bits per heavy atom. The van der Waals surface area contributed by atoms with Crippen LogP contribution in [0.4, 0.5) is 4.79 Å². The molecule has 12 nitrogen and oxygen atoms in total. The van der Waals surface area contributed by atoms with E-state index in [9.17, 15) is 34.2 Å². The molecule has 0 aliphatic carbocycles. The topological polar surface area (TPSA) is 185 Å². The summed E-state index contributed by atoms with van der Waals surface area (Å²) in [5.74, 6) is -4.88. The van der Waals surface area contributed by atoms with Gasteiger partial charge < -0.3 is 25.7 Å². The molecule has 0 radical (unpaired) electrons. The molecular weight excluding hydrogens is 568 g/mol. The summed E-state index contributed by atoms with van der Waals surface area (Å²) in [7, 11) is 0. The molecule has 6 N–H and O–H groups in total. The quantitative estimate of drug-likeness (QED) is 0.106. The Morgan fingerprint density at radius 2 is 1.66 bits per heavy atom. The van der Waals surface area contributed by atoms with Gasteiger partial charge >= 0.3 is 18.0 Å². The normalized spacial score (nSPS) is 17.5. The summed E-state index contributed by atoms with van der Waals surface area (Å²) in [5.41, 5.74) is 3.99. The van der Waals surface area contributed by atoms with Gasteiger partial charge in [-0.2, -0.15) is 0 Å². The molecule has 0 saturated carbocycles. The van der Waals surface area contributed by atoms with Crippen LogP contribution in [0.15, 0.2) is 48.5 Å². The van der Waals surface area contributed by atoms with Gasteiger partial charge in [-0.15, -0.1) is 0 Å². The maximum absolute atomic E-state index is 13.4. The number of nitrogens with zero attached hydrogens (tertiary/aromatic N) is 1. The van der Waals surface area contributed by atoms with Crippen molar-refractivity contribution in [3.63, 3.8) is 0 Å². The van der Waals surface area contributed by atoms with E-state index in [2.05, 4.69) is 10.6 Å². The fourth-order valence-corrected chi connectivity index (χ4v) is 5.54. The Bertz CT molecular complexity index is 1330. The molecule has 3 rings (SSSR count). The summed E-state index contributed by atoms with van der Waals surface area (Å²) < 4.78 is 0. The largest absolute Gasteiger partial charge is 0.480 e. The van der Waals surface area contributed by atoms with Crippen molar-refractivity contribution in [3.05, 3.63) is 59.7 Å². The number of urea groups is 1. The van der Waals surface area contributed by atoms with Gasteiger partial charge in [0.2, 0.25) is 5.91 Å². The van der Waals surface area contributed by atoms with E-state index < -0.39 is 47.8 Å². The van der Waals surface area contributed by atoms with Crippen LogP contribution < -0.4 is 16.1 Å². The molecule has 44 heavy (non-hydrogen) atoms. The van der Waals surface area contributed by atoms with Gasteiger partial charge in [0, 0.05) is 25.0 Å². The van der Waals surface area contributed by atoms with Crippen molar-refractivity contribution >= 4 is 29.8 Å². The number of carbonyl (C=O) groups excluding carboxylic acids is 3. The lowest BCUT2D eigenvalue weighted by atomic mass is 9.95. The van der Waals surface area contributed by atoms with Crippen molar-refractivity contribution in [3.8, 4) is 11.1 Å². The van der Waals surface area contributed by atoms with Crippen LogP contribution in [-0.2, 0) is 20.8 Å². The number of carboxylic acid groups (broad SMARTS) is 2. The molecule has 4 unspecified atom stereocenters. The molecule has 1 aliphatic heterocycles. The number of nitrogens with one attached hydrogen (secondary N) is 3. The average Bonchev–Trinajstić information content (AvgIpc) is 3.42.